The van der Waals surface area contributed by atoms with Gasteiger partial charge in [0.15, 0.2) is 0 Å². The number of carbonyl (C=O) groups is 2. The maximum Gasteiger partial charge on any atom is 0.307 e. The van der Waals surface area contributed by atoms with Crippen LogP contribution in [0.5, 0.6) is 0 Å². The van der Waals surface area contributed by atoms with Crippen molar-refractivity contribution in [3.05, 3.63) is 75.5 Å². The molecule has 0 aliphatic carbocycles. The molecule has 2 atom stereocenters. The van der Waals surface area contributed by atoms with Gasteiger partial charge in [-0.2, -0.15) is 4.37 Å². The van der Waals surface area contributed by atoms with Crippen molar-refractivity contribution < 1.29 is 19.1 Å². The fourth-order valence-corrected chi connectivity index (χ4v) is 4.22. The Morgan fingerprint density at radius 2 is 1.94 bits per heavy atom. The molecule has 168 valence electrons. The van der Waals surface area contributed by atoms with Crippen LogP contribution < -0.4 is 11.1 Å². The van der Waals surface area contributed by atoms with Gasteiger partial charge in [-0.15, -0.1) is 0 Å². The topological polar surface area (TPSA) is 105 Å². The molecule has 3 aromatic rings. The zero-order chi connectivity index (χ0) is 23.3. The van der Waals surface area contributed by atoms with Crippen LogP contribution in [-0.4, -0.2) is 33.9 Å². The lowest BCUT2D eigenvalue weighted by Crippen LogP contribution is -2.40. The molecule has 0 bridgehead atoms. The molecule has 1 heterocycles. The van der Waals surface area contributed by atoms with Gasteiger partial charge in [-0.1, -0.05) is 35.9 Å². The van der Waals surface area contributed by atoms with Crippen molar-refractivity contribution in [3.8, 4) is 11.1 Å². The molecule has 3 rings (SSSR count). The summed E-state index contributed by atoms with van der Waals surface area (Å²) >= 11 is 7.08. The highest BCUT2D eigenvalue weighted by Gasteiger charge is 2.24. The molecular formula is C23H23ClFN3O3S. The number of aromatic nitrogens is 1. The third-order valence-corrected chi connectivity index (χ3v) is 6.18. The van der Waals surface area contributed by atoms with Gasteiger partial charge in [0.1, 0.15) is 10.7 Å². The van der Waals surface area contributed by atoms with Gasteiger partial charge in [0, 0.05) is 23.2 Å². The van der Waals surface area contributed by atoms with Gasteiger partial charge in [0.25, 0.3) is 5.91 Å². The summed E-state index contributed by atoms with van der Waals surface area (Å²) in [5.74, 6) is -2.48. The average Bonchev–Trinajstić information content (AvgIpc) is 3.20. The van der Waals surface area contributed by atoms with Crippen LogP contribution in [0.3, 0.4) is 0 Å². The van der Waals surface area contributed by atoms with Gasteiger partial charge >= 0.3 is 5.97 Å². The monoisotopic (exact) mass is 475 g/mol. The van der Waals surface area contributed by atoms with E-state index in [1.165, 1.54) is 12.1 Å². The Morgan fingerprint density at radius 3 is 2.53 bits per heavy atom. The summed E-state index contributed by atoms with van der Waals surface area (Å²) in [4.78, 5) is 24.6. The summed E-state index contributed by atoms with van der Waals surface area (Å²) in [6.07, 6.45) is 0.575. The molecule has 2 aromatic carbocycles. The minimum Gasteiger partial charge on any atom is -0.481 e. The highest BCUT2D eigenvalue weighted by molar-refractivity contribution is 7.08. The number of halogens is 2. The lowest BCUT2D eigenvalue weighted by molar-refractivity contribution is -0.141. The number of nitrogens with one attached hydrogen (secondary N) is 1. The maximum atomic E-state index is 14.2. The lowest BCUT2D eigenvalue weighted by Gasteiger charge is -2.22. The number of rotatable bonds is 9. The Bertz CT molecular complexity index is 1100. The van der Waals surface area contributed by atoms with Crippen molar-refractivity contribution in [3.63, 3.8) is 0 Å². The highest BCUT2D eigenvalue weighted by Crippen LogP contribution is 2.27. The first-order valence-corrected chi connectivity index (χ1v) is 11.1. The Morgan fingerprint density at radius 1 is 1.22 bits per heavy atom. The molecule has 9 heteroatoms. The molecule has 0 aliphatic rings. The van der Waals surface area contributed by atoms with E-state index in [0.717, 1.165) is 22.8 Å². The van der Waals surface area contributed by atoms with Crippen LogP contribution in [-0.2, 0) is 11.2 Å². The number of aliphatic carboxylic acids is 1. The van der Waals surface area contributed by atoms with Crippen molar-refractivity contribution in [2.24, 2.45) is 11.7 Å². The Labute approximate surface area is 194 Å². The standard InChI is InChI=1S/C23H23ClFN3O3S/c1-13-8-21(32-28-13)22(29)27-18(10-16(12-26)23(30)31)9-14-2-4-15(5-3-14)19-11-17(24)6-7-20(19)25/h2-8,11,16,18H,9-10,12,26H2,1H3,(H,27,29)(H,30,31)/t16-,18+/m0/s1. The first kappa shape index (κ1) is 23.8. The molecule has 0 spiro atoms. The van der Waals surface area contributed by atoms with Crippen LogP contribution in [0.2, 0.25) is 5.02 Å². The zero-order valence-corrected chi connectivity index (χ0v) is 18.9. The van der Waals surface area contributed by atoms with Gasteiger partial charge in [0.05, 0.1) is 11.6 Å². The molecule has 1 aromatic heterocycles. The summed E-state index contributed by atoms with van der Waals surface area (Å²) in [6, 6.07) is 12.8. The third-order valence-electron chi connectivity index (χ3n) is 5.07. The minimum atomic E-state index is -1.01. The number of amides is 1. The first-order valence-electron chi connectivity index (χ1n) is 9.98. The fourth-order valence-electron chi connectivity index (χ4n) is 3.39. The zero-order valence-electron chi connectivity index (χ0n) is 17.3. The number of hydrogen-bond donors (Lipinski definition) is 3. The van der Waals surface area contributed by atoms with E-state index in [2.05, 4.69) is 9.69 Å². The van der Waals surface area contributed by atoms with E-state index >= 15 is 0 Å². The van der Waals surface area contributed by atoms with Gasteiger partial charge < -0.3 is 16.2 Å². The second kappa shape index (κ2) is 10.7. The van der Waals surface area contributed by atoms with Crippen molar-refractivity contribution in [1.29, 1.82) is 0 Å². The molecule has 0 radical (unpaired) electrons. The van der Waals surface area contributed by atoms with Gasteiger partial charge in [-0.05, 0) is 66.7 Å². The van der Waals surface area contributed by atoms with Crippen LogP contribution in [0, 0.1) is 18.7 Å². The van der Waals surface area contributed by atoms with E-state index in [-0.39, 0.29) is 24.7 Å². The number of benzene rings is 2. The molecule has 1 amide bonds. The number of hydrogen-bond acceptors (Lipinski definition) is 5. The Kier molecular flexibility index (Phi) is 7.95. The maximum absolute atomic E-state index is 14.2. The molecule has 0 unspecified atom stereocenters. The van der Waals surface area contributed by atoms with E-state index in [4.69, 9.17) is 17.3 Å². The summed E-state index contributed by atoms with van der Waals surface area (Å²) in [7, 11) is 0. The average molecular weight is 476 g/mol. The van der Waals surface area contributed by atoms with Gasteiger partial charge in [-0.3, -0.25) is 9.59 Å². The molecule has 4 N–H and O–H groups in total. The van der Waals surface area contributed by atoms with Crippen molar-refractivity contribution in [2.75, 3.05) is 6.54 Å². The molecule has 0 aliphatic heterocycles. The molecule has 0 saturated heterocycles. The lowest BCUT2D eigenvalue weighted by atomic mass is 9.94. The second-order valence-corrected chi connectivity index (χ2v) is 8.78. The van der Waals surface area contributed by atoms with Gasteiger partial charge in [-0.25, -0.2) is 4.39 Å². The number of nitrogens with two attached hydrogens (primary N) is 1. The summed E-state index contributed by atoms with van der Waals surface area (Å²) in [6.45, 7) is 1.76. The van der Waals surface area contributed by atoms with Crippen molar-refractivity contribution >= 4 is 35.0 Å². The number of nitrogens with zero attached hydrogens (tertiary/aromatic N) is 1. The van der Waals surface area contributed by atoms with E-state index in [0.29, 0.717) is 27.4 Å². The molecule has 32 heavy (non-hydrogen) atoms. The number of carbonyl (C=O) groups excluding carboxylic acids is 1. The SMILES string of the molecule is Cc1cc(C(=O)N[C@H](Cc2ccc(-c3cc(Cl)ccc3F)cc2)C[C@@H](CN)C(=O)O)sn1. The number of carboxylic acid groups (broad SMARTS) is 1. The second-order valence-electron chi connectivity index (χ2n) is 7.53. The Balaban J connectivity index is 1.79. The van der Waals surface area contributed by atoms with E-state index in [1.54, 1.807) is 31.2 Å². The minimum absolute atomic E-state index is 0.0334. The van der Waals surface area contributed by atoms with Crippen LogP contribution in [0.4, 0.5) is 4.39 Å². The smallest absolute Gasteiger partial charge is 0.307 e. The largest absolute Gasteiger partial charge is 0.481 e. The van der Waals surface area contributed by atoms with E-state index in [1.807, 2.05) is 12.1 Å². The predicted octanol–water partition coefficient (Wildman–Crippen LogP) is 4.30. The fraction of sp³-hybridized carbons (Fsp3) is 0.261. The highest BCUT2D eigenvalue weighted by atomic mass is 35.5. The van der Waals surface area contributed by atoms with Crippen LogP contribution in [0.25, 0.3) is 11.1 Å². The summed E-state index contributed by atoms with van der Waals surface area (Å²) < 4.78 is 18.3. The van der Waals surface area contributed by atoms with Crippen molar-refractivity contribution in [1.82, 2.24) is 9.69 Å². The van der Waals surface area contributed by atoms with E-state index in [9.17, 15) is 19.1 Å². The molecular weight excluding hydrogens is 453 g/mol. The predicted molar refractivity (Wildman–Crippen MR) is 123 cm³/mol. The van der Waals surface area contributed by atoms with Crippen LogP contribution >= 0.6 is 23.1 Å². The first-order chi connectivity index (χ1) is 15.3. The van der Waals surface area contributed by atoms with E-state index < -0.39 is 17.9 Å². The van der Waals surface area contributed by atoms with Gasteiger partial charge in [0.2, 0.25) is 0 Å². The number of carboxylic acids is 1. The Hall–Kier alpha value is -2.81. The van der Waals surface area contributed by atoms with Crippen molar-refractivity contribution in [2.45, 2.75) is 25.8 Å². The molecule has 6 nitrogen and oxygen atoms in total. The summed E-state index contributed by atoms with van der Waals surface area (Å²) in [5, 5.41) is 12.8. The normalized spacial score (nSPS) is 12.9. The molecule has 0 saturated carbocycles. The van der Waals surface area contributed by atoms with Crippen LogP contribution in [0.1, 0.15) is 27.3 Å². The van der Waals surface area contributed by atoms with Crippen LogP contribution in [0.15, 0.2) is 48.5 Å². The number of aryl methyl sites for hydroxylation is 1. The summed E-state index contributed by atoms with van der Waals surface area (Å²) in [5.41, 5.74) is 8.29. The molecule has 0 fully saturated rings. The third kappa shape index (κ3) is 6.12. The quantitative estimate of drug-likeness (QED) is 0.428.